The van der Waals surface area contributed by atoms with Crippen molar-refractivity contribution in [3.05, 3.63) is 294 Å². The number of fused-ring (bicyclic) bond motifs is 18. The van der Waals surface area contributed by atoms with Crippen molar-refractivity contribution < 1.29 is 0 Å². The third-order valence-corrected chi connectivity index (χ3v) is 21.0. The molecule has 19 rings (SSSR count). The molecule has 426 valence electrons. The van der Waals surface area contributed by atoms with E-state index in [0.29, 0.717) is 5.82 Å². The van der Waals surface area contributed by atoms with Crippen molar-refractivity contribution >= 4 is 65.4 Å². The number of benzene rings is 12. The average molecular weight is 1150 g/mol. The highest BCUT2D eigenvalue weighted by Gasteiger charge is 2.39. The molecule has 3 aliphatic rings. The fourth-order valence-electron chi connectivity index (χ4n) is 16.6. The highest BCUT2D eigenvalue weighted by atomic mass is 15.0. The standard InChI is InChI=1S/C85H61N5/c1-83(2)68-31-13-7-25-56(68)62-46-79-65(43-71(62)83)59-28-10-16-34-76(59)88(79)53-39-37-50(38-40-53)74-49-75(51-21-19-23-54(41-51)89-77-35-17-11-29-60(77)66-44-72-63(47-80(66)89)57-26-8-14-32-69(57)84(72,3)4)87-82(86-74)52-22-20-24-55(42-52)90-78-36-18-12-30-61(78)67-45-73-64(48-81(67)90)58-27-9-15-33-70(58)85(73,5)6/h7-49H,1-6H3. The Hall–Kier alpha value is -10.9. The smallest absolute Gasteiger partial charge is 0.160 e. The fraction of sp³-hybridized carbons (Fsp3) is 0.106. The zero-order chi connectivity index (χ0) is 60.1. The van der Waals surface area contributed by atoms with Crippen LogP contribution in [0.15, 0.2) is 261 Å². The summed E-state index contributed by atoms with van der Waals surface area (Å²) in [7, 11) is 0. The van der Waals surface area contributed by atoms with E-state index < -0.39 is 0 Å². The van der Waals surface area contributed by atoms with Gasteiger partial charge in [-0.3, -0.25) is 0 Å². The third kappa shape index (κ3) is 6.97. The lowest BCUT2D eigenvalue weighted by Gasteiger charge is -2.21. The summed E-state index contributed by atoms with van der Waals surface area (Å²) >= 11 is 0. The van der Waals surface area contributed by atoms with Crippen molar-refractivity contribution in [1.82, 2.24) is 23.7 Å². The van der Waals surface area contributed by atoms with E-state index in [0.717, 1.165) is 50.7 Å². The molecule has 3 aliphatic carbocycles. The first-order valence-corrected chi connectivity index (χ1v) is 31.6. The second-order valence-corrected chi connectivity index (χ2v) is 26.9. The van der Waals surface area contributed by atoms with E-state index in [1.807, 2.05) is 0 Å². The molecule has 0 saturated carbocycles. The van der Waals surface area contributed by atoms with Gasteiger partial charge in [0.2, 0.25) is 0 Å². The lowest BCUT2D eigenvalue weighted by Crippen LogP contribution is -2.14. The van der Waals surface area contributed by atoms with Crippen molar-refractivity contribution in [3.63, 3.8) is 0 Å². The first-order valence-electron chi connectivity index (χ1n) is 31.6. The highest BCUT2D eigenvalue weighted by molar-refractivity contribution is 6.14. The Morgan fingerprint density at radius 2 is 0.589 bits per heavy atom. The van der Waals surface area contributed by atoms with E-state index in [4.69, 9.17) is 9.97 Å². The van der Waals surface area contributed by atoms with Crippen molar-refractivity contribution in [2.75, 3.05) is 0 Å². The van der Waals surface area contributed by atoms with E-state index in [1.165, 1.54) is 127 Å². The minimum absolute atomic E-state index is 0.102. The first kappa shape index (κ1) is 51.2. The monoisotopic (exact) mass is 1150 g/mol. The van der Waals surface area contributed by atoms with Crippen molar-refractivity contribution in [1.29, 1.82) is 0 Å². The Kier molecular flexibility index (Phi) is 10.3. The summed E-state index contributed by atoms with van der Waals surface area (Å²) < 4.78 is 7.34. The SMILES string of the molecule is CC1(C)c2ccccc2-c2cc3c(cc21)c1ccccc1n3-c1ccc(-c2cc(-c3cccc(-n4c5ccccc5c5cc6c(cc54)-c4ccccc4C6(C)C)c3)nc(-c3cccc(-n4c5ccccc5c5cc6c(cc54)-c4ccccc4C6(C)C)c3)n2)cc1. The molecule has 5 heteroatoms. The predicted octanol–water partition coefficient (Wildman–Crippen LogP) is 21.7. The van der Waals surface area contributed by atoms with Gasteiger partial charge in [0.05, 0.1) is 44.5 Å². The number of nitrogens with zero attached hydrogens (tertiary/aromatic N) is 5. The van der Waals surface area contributed by atoms with Crippen LogP contribution >= 0.6 is 0 Å². The van der Waals surface area contributed by atoms with Gasteiger partial charge in [0.15, 0.2) is 5.82 Å². The minimum atomic E-state index is -0.118. The molecule has 16 aromatic rings. The topological polar surface area (TPSA) is 40.6 Å². The fourth-order valence-corrected chi connectivity index (χ4v) is 16.6. The van der Waals surface area contributed by atoms with Crippen LogP contribution in [0.1, 0.15) is 74.9 Å². The van der Waals surface area contributed by atoms with Crippen molar-refractivity contribution in [2.45, 2.75) is 57.8 Å². The van der Waals surface area contributed by atoms with Crippen LogP contribution in [0.4, 0.5) is 0 Å². The van der Waals surface area contributed by atoms with Crippen molar-refractivity contribution in [3.8, 4) is 84.3 Å². The highest BCUT2D eigenvalue weighted by Crippen LogP contribution is 2.54. The Labute approximate surface area is 522 Å². The van der Waals surface area contributed by atoms with E-state index in [-0.39, 0.29) is 16.2 Å². The molecule has 0 amide bonds. The molecule has 12 aromatic carbocycles. The van der Waals surface area contributed by atoms with E-state index in [9.17, 15) is 0 Å². The van der Waals surface area contributed by atoms with Crippen LogP contribution in [0.25, 0.3) is 150 Å². The van der Waals surface area contributed by atoms with Gasteiger partial charge in [-0.05, 0) is 164 Å². The van der Waals surface area contributed by atoms with E-state index >= 15 is 0 Å². The zero-order valence-electron chi connectivity index (χ0n) is 51.1. The summed E-state index contributed by atoms with van der Waals surface area (Å²) in [5, 5.41) is 7.49. The molecule has 0 radical (unpaired) electrons. The summed E-state index contributed by atoms with van der Waals surface area (Å²) in [6.45, 7) is 14.2. The Morgan fingerprint density at radius 1 is 0.233 bits per heavy atom. The van der Waals surface area contributed by atoms with Gasteiger partial charge in [0.25, 0.3) is 0 Å². The summed E-state index contributed by atoms with van der Waals surface area (Å²) in [5.41, 5.74) is 30.7. The number of para-hydroxylation sites is 3. The molecule has 0 aliphatic heterocycles. The molecular weight excluding hydrogens is 1090 g/mol. The first-order chi connectivity index (χ1) is 43.9. The van der Waals surface area contributed by atoms with Gasteiger partial charge < -0.3 is 13.7 Å². The van der Waals surface area contributed by atoms with Crippen LogP contribution in [0.5, 0.6) is 0 Å². The van der Waals surface area contributed by atoms with Gasteiger partial charge in [0, 0.05) is 82.3 Å². The predicted molar refractivity (Wildman–Crippen MR) is 374 cm³/mol. The molecule has 0 unspecified atom stereocenters. The van der Waals surface area contributed by atoms with Gasteiger partial charge in [-0.1, -0.05) is 205 Å². The molecule has 0 atom stereocenters. The molecule has 0 fully saturated rings. The second kappa shape index (κ2) is 18.1. The van der Waals surface area contributed by atoms with E-state index in [1.54, 1.807) is 0 Å². The van der Waals surface area contributed by atoms with Gasteiger partial charge in [-0.15, -0.1) is 0 Å². The quantitative estimate of drug-likeness (QED) is 0.166. The average Bonchev–Trinajstić information content (AvgIpc) is 1.58. The Bertz CT molecular complexity index is 5580. The van der Waals surface area contributed by atoms with Crippen molar-refractivity contribution in [2.24, 2.45) is 0 Å². The molecule has 0 N–H and O–H groups in total. The summed E-state index contributed by atoms with van der Waals surface area (Å²) in [6.07, 6.45) is 0. The number of aromatic nitrogens is 5. The molecule has 0 bridgehead atoms. The molecule has 5 nitrogen and oxygen atoms in total. The van der Waals surface area contributed by atoms with Crippen LogP contribution < -0.4 is 0 Å². The molecule has 0 spiro atoms. The Balaban J connectivity index is 0.789. The Morgan fingerprint density at radius 3 is 1.02 bits per heavy atom. The largest absolute Gasteiger partial charge is 0.309 e. The summed E-state index contributed by atoms with van der Waals surface area (Å²) in [6, 6.07) is 97.2. The zero-order valence-corrected chi connectivity index (χ0v) is 51.1. The van der Waals surface area contributed by atoms with Gasteiger partial charge >= 0.3 is 0 Å². The summed E-state index contributed by atoms with van der Waals surface area (Å²) in [4.78, 5) is 11.2. The third-order valence-electron chi connectivity index (χ3n) is 21.0. The molecule has 4 aromatic heterocycles. The molecular formula is C85H61N5. The maximum atomic E-state index is 5.62. The minimum Gasteiger partial charge on any atom is -0.309 e. The lowest BCUT2D eigenvalue weighted by molar-refractivity contribution is 0.661. The van der Waals surface area contributed by atoms with Gasteiger partial charge in [0.1, 0.15) is 0 Å². The van der Waals surface area contributed by atoms with Crippen LogP contribution in [0.2, 0.25) is 0 Å². The molecule has 90 heavy (non-hydrogen) atoms. The van der Waals surface area contributed by atoms with Gasteiger partial charge in [-0.25, -0.2) is 9.97 Å². The number of hydrogen-bond acceptors (Lipinski definition) is 2. The summed E-state index contributed by atoms with van der Waals surface area (Å²) in [5.74, 6) is 0.657. The molecule has 0 saturated heterocycles. The maximum Gasteiger partial charge on any atom is 0.160 e. The van der Waals surface area contributed by atoms with Crippen LogP contribution in [0, 0.1) is 0 Å². The van der Waals surface area contributed by atoms with Crippen LogP contribution in [-0.4, -0.2) is 23.7 Å². The number of rotatable bonds is 6. The van der Waals surface area contributed by atoms with Gasteiger partial charge in [-0.2, -0.15) is 0 Å². The normalized spacial score (nSPS) is 14.6. The van der Waals surface area contributed by atoms with Crippen LogP contribution in [0.3, 0.4) is 0 Å². The van der Waals surface area contributed by atoms with Crippen LogP contribution in [-0.2, 0) is 16.2 Å². The lowest BCUT2D eigenvalue weighted by atomic mass is 9.82. The maximum absolute atomic E-state index is 5.62. The van der Waals surface area contributed by atoms with E-state index in [2.05, 4.69) is 316 Å². The number of hydrogen-bond donors (Lipinski definition) is 0. The second-order valence-electron chi connectivity index (χ2n) is 26.9. The molecule has 4 heterocycles.